The number of carboxylic acid groups (broad SMARTS) is 1. The van der Waals surface area contributed by atoms with Crippen LogP contribution in [-0.4, -0.2) is 11.1 Å². The molecule has 3 N–H and O–H groups in total. The van der Waals surface area contributed by atoms with E-state index in [2.05, 4.69) is 0 Å². The van der Waals surface area contributed by atoms with Crippen LogP contribution >= 0.6 is 11.6 Å². The first-order chi connectivity index (χ1) is 6.73. The highest BCUT2D eigenvalue weighted by Crippen LogP contribution is 2.32. The number of anilines is 1. The van der Waals surface area contributed by atoms with E-state index in [1.54, 1.807) is 6.07 Å². The molecule has 0 unspecified atom stereocenters. The Labute approximate surface area is 93.9 Å². The maximum Gasteiger partial charge on any atom is 0.337 e. The van der Waals surface area contributed by atoms with Crippen LogP contribution < -0.4 is 5.73 Å². The zero-order valence-corrected chi connectivity index (χ0v) is 9.72. The number of carboxylic acids is 1. The number of hydrogen-bond acceptors (Lipinski definition) is 2. The van der Waals surface area contributed by atoms with Gasteiger partial charge in [-0.3, -0.25) is 0 Å². The number of halogens is 1. The lowest BCUT2D eigenvalue weighted by Crippen LogP contribution is -2.16. The summed E-state index contributed by atoms with van der Waals surface area (Å²) in [5, 5.41) is 9.34. The normalized spacial score (nSPS) is 11.5. The van der Waals surface area contributed by atoms with Gasteiger partial charge in [0.25, 0.3) is 0 Å². The van der Waals surface area contributed by atoms with Crippen LogP contribution in [0.15, 0.2) is 12.1 Å². The van der Waals surface area contributed by atoms with Crippen LogP contribution in [-0.2, 0) is 5.41 Å². The molecule has 0 saturated carbocycles. The second-order valence-electron chi connectivity index (χ2n) is 4.47. The van der Waals surface area contributed by atoms with E-state index >= 15 is 0 Å². The van der Waals surface area contributed by atoms with Gasteiger partial charge in [0.1, 0.15) is 0 Å². The van der Waals surface area contributed by atoms with Gasteiger partial charge in [-0.05, 0) is 23.1 Å². The second kappa shape index (κ2) is 3.74. The molecule has 3 nitrogen and oxygen atoms in total. The topological polar surface area (TPSA) is 63.3 Å². The van der Waals surface area contributed by atoms with E-state index in [-0.39, 0.29) is 11.0 Å². The largest absolute Gasteiger partial charge is 0.478 e. The van der Waals surface area contributed by atoms with Gasteiger partial charge in [-0.25, -0.2) is 4.79 Å². The lowest BCUT2D eigenvalue weighted by atomic mass is 9.84. The molecule has 0 aliphatic carbocycles. The molecule has 0 aliphatic heterocycles. The van der Waals surface area contributed by atoms with Crippen LogP contribution in [0.1, 0.15) is 36.7 Å². The first-order valence-electron chi connectivity index (χ1n) is 4.56. The van der Waals surface area contributed by atoms with Gasteiger partial charge in [-0.1, -0.05) is 32.4 Å². The van der Waals surface area contributed by atoms with Crippen LogP contribution in [0.3, 0.4) is 0 Å². The molecule has 1 aromatic carbocycles. The molecule has 0 bridgehead atoms. The molecule has 15 heavy (non-hydrogen) atoms. The summed E-state index contributed by atoms with van der Waals surface area (Å²) in [6, 6.07) is 3.08. The fourth-order valence-corrected chi connectivity index (χ4v) is 1.63. The molecule has 0 saturated heterocycles. The van der Waals surface area contributed by atoms with Gasteiger partial charge in [-0.15, -0.1) is 0 Å². The van der Waals surface area contributed by atoms with Gasteiger partial charge in [0.15, 0.2) is 0 Å². The second-order valence-corrected chi connectivity index (χ2v) is 4.91. The summed E-state index contributed by atoms with van der Waals surface area (Å²) in [7, 11) is 0. The Morgan fingerprint density at radius 2 is 1.93 bits per heavy atom. The van der Waals surface area contributed by atoms with Crippen molar-refractivity contribution in [1.82, 2.24) is 0 Å². The fourth-order valence-electron chi connectivity index (χ4n) is 1.42. The minimum atomic E-state index is -1.06. The van der Waals surface area contributed by atoms with Gasteiger partial charge in [0.05, 0.1) is 5.56 Å². The van der Waals surface area contributed by atoms with Crippen molar-refractivity contribution in [2.45, 2.75) is 26.2 Å². The lowest BCUT2D eigenvalue weighted by molar-refractivity contribution is 0.0698. The Bertz CT molecular complexity index is 408. The summed E-state index contributed by atoms with van der Waals surface area (Å²) in [5.74, 6) is -1.06. The Kier molecular flexibility index (Phi) is 2.95. The van der Waals surface area contributed by atoms with E-state index in [1.165, 1.54) is 6.07 Å². The molecule has 0 amide bonds. The highest BCUT2D eigenvalue weighted by atomic mass is 35.5. The number of rotatable bonds is 1. The van der Waals surface area contributed by atoms with Crippen molar-refractivity contribution in [3.63, 3.8) is 0 Å². The van der Waals surface area contributed by atoms with E-state index < -0.39 is 5.97 Å². The molecule has 0 aromatic heterocycles. The Balaban J connectivity index is 3.49. The molecule has 0 fully saturated rings. The number of hydrogen-bond donors (Lipinski definition) is 2. The van der Waals surface area contributed by atoms with Crippen molar-refractivity contribution in [3.8, 4) is 0 Å². The molecule has 0 aliphatic rings. The lowest BCUT2D eigenvalue weighted by Gasteiger charge is -2.22. The SMILES string of the molecule is CC(C)(C)c1cc(Cl)cc(C(=O)O)c1N. The zero-order chi connectivity index (χ0) is 11.8. The standard InChI is InChI=1S/C11H14ClNO2/c1-11(2,3)8-5-6(12)4-7(9(8)13)10(14)15/h4-5H,13H2,1-3H3,(H,14,15). The van der Waals surface area contributed by atoms with E-state index in [4.69, 9.17) is 22.4 Å². The predicted molar refractivity (Wildman–Crippen MR) is 61.5 cm³/mol. The molecule has 0 atom stereocenters. The summed E-state index contributed by atoms with van der Waals surface area (Å²) < 4.78 is 0. The van der Waals surface area contributed by atoms with Crippen LogP contribution in [0.2, 0.25) is 5.02 Å². The molecular weight excluding hydrogens is 214 g/mol. The van der Waals surface area contributed by atoms with Gasteiger partial charge < -0.3 is 10.8 Å². The summed E-state index contributed by atoms with van der Waals surface area (Å²) >= 11 is 5.85. The van der Waals surface area contributed by atoms with Crippen molar-refractivity contribution >= 4 is 23.3 Å². The average Bonchev–Trinajstić information content (AvgIpc) is 2.06. The number of benzene rings is 1. The molecule has 0 spiro atoms. The quantitative estimate of drug-likeness (QED) is 0.725. The van der Waals surface area contributed by atoms with Gasteiger partial charge >= 0.3 is 5.97 Å². The van der Waals surface area contributed by atoms with Gasteiger partial charge in [-0.2, -0.15) is 0 Å². The van der Waals surface area contributed by atoms with Crippen LogP contribution in [0, 0.1) is 0 Å². The summed E-state index contributed by atoms with van der Waals surface area (Å²) in [4.78, 5) is 10.9. The molecule has 1 rings (SSSR count). The molecule has 4 heteroatoms. The van der Waals surface area contributed by atoms with Gasteiger partial charge in [0, 0.05) is 10.7 Å². The smallest absolute Gasteiger partial charge is 0.337 e. The summed E-state index contributed by atoms with van der Waals surface area (Å²) in [5.41, 5.74) is 6.69. The molecule has 1 aromatic rings. The van der Waals surface area contributed by atoms with E-state index in [0.29, 0.717) is 10.7 Å². The first-order valence-corrected chi connectivity index (χ1v) is 4.94. The maximum absolute atomic E-state index is 10.9. The van der Waals surface area contributed by atoms with E-state index in [1.807, 2.05) is 20.8 Å². The minimum Gasteiger partial charge on any atom is -0.478 e. The number of carbonyl (C=O) groups is 1. The predicted octanol–water partition coefficient (Wildman–Crippen LogP) is 2.92. The van der Waals surface area contributed by atoms with Crippen molar-refractivity contribution < 1.29 is 9.90 Å². The third-order valence-electron chi connectivity index (χ3n) is 2.18. The highest BCUT2D eigenvalue weighted by Gasteiger charge is 2.21. The Morgan fingerprint density at radius 1 is 1.40 bits per heavy atom. The van der Waals surface area contributed by atoms with Crippen molar-refractivity contribution in [3.05, 3.63) is 28.3 Å². The van der Waals surface area contributed by atoms with Crippen LogP contribution in [0.5, 0.6) is 0 Å². The molecule has 0 radical (unpaired) electrons. The van der Waals surface area contributed by atoms with Crippen LogP contribution in [0.25, 0.3) is 0 Å². The monoisotopic (exact) mass is 227 g/mol. The van der Waals surface area contributed by atoms with E-state index in [0.717, 1.165) is 5.56 Å². The molecule has 0 heterocycles. The summed E-state index contributed by atoms with van der Waals surface area (Å²) in [6.07, 6.45) is 0. The highest BCUT2D eigenvalue weighted by molar-refractivity contribution is 6.31. The molecular formula is C11H14ClNO2. The number of nitrogen functional groups attached to an aromatic ring is 1. The third kappa shape index (κ3) is 2.42. The maximum atomic E-state index is 10.9. The van der Waals surface area contributed by atoms with E-state index in [9.17, 15) is 4.79 Å². The summed E-state index contributed by atoms with van der Waals surface area (Å²) in [6.45, 7) is 5.88. The molecule has 82 valence electrons. The Hall–Kier alpha value is -1.22. The van der Waals surface area contributed by atoms with Crippen molar-refractivity contribution in [1.29, 1.82) is 0 Å². The Morgan fingerprint density at radius 3 is 2.33 bits per heavy atom. The minimum absolute atomic E-state index is 0.0624. The number of nitrogens with two attached hydrogens (primary N) is 1. The third-order valence-corrected chi connectivity index (χ3v) is 2.40. The fraction of sp³-hybridized carbons (Fsp3) is 0.364. The van der Waals surface area contributed by atoms with Crippen molar-refractivity contribution in [2.24, 2.45) is 0 Å². The number of aromatic carboxylic acids is 1. The van der Waals surface area contributed by atoms with Crippen LogP contribution in [0.4, 0.5) is 5.69 Å². The first kappa shape index (κ1) is 11.9. The zero-order valence-electron chi connectivity index (χ0n) is 8.97. The van der Waals surface area contributed by atoms with Crippen molar-refractivity contribution in [2.75, 3.05) is 5.73 Å². The average molecular weight is 228 g/mol. The van der Waals surface area contributed by atoms with Gasteiger partial charge in [0.2, 0.25) is 0 Å².